The van der Waals surface area contributed by atoms with Crippen LogP contribution in [0.1, 0.15) is 75.3 Å². The number of nitrogens with zero attached hydrogens (tertiary/aromatic N) is 7. The molecule has 0 bridgehead atoms. The van der Waals surface area contributed by atoms with Crippen molar-refractivity contribution in [1.29, 1.82) is 0 Å². The molecule has 1 N–H and O–H groups in total. The molecule has 1 aliphatic heterocycles. The summed E-state index contributed by atoms with van der Waals surface area (Å²) in [6.45, 7) is 6.32. The molecular formula is C18H29N7O. The van der Waals surface area contributed by atoms with Crippen LogP contribution in [-0.4, -0.2) is 52.9 Å². The van der Waals surface area contributed by atoms with Gasteiger partial charge in [0.25, 0.3) is 0 Å². The second-order valence-corrected chi connectivity index (χ2v) is 8.18. The number of hydrogen-bond donors (Lipinski definition) is 1. The van der Waals surface area contributed by atoms with Gasteiger partial charge in [-0.3, -0.25) is 4.90 Å². The van der Waals surface area contributed by atoms with Gasteiger partial charge in [0.1, 0.15) is 22.9 Å². The first kappa shape index (κ1) is 17.6. The first-order valence-electron chi connectivity index (χ1n) is 9.71. The van der Waals surface area contributed by atoms with Crippen LogP contribution in [0, 0.1) is 0 Å². The van der Waals surface area contributed by atoms with Gasteiger partial charge in [-0.2, -0.15) is 0 Å². The third kappa shape index (κ3) is 3.16. The number of aromatic nitrogens is 6. The van der Waals surface area contributed by atoms with E-state index in [4.69, 9.17) is 0 Å². The largest absolute Gasteiger partial charge is 0.382 e. The molecule has 8 nitrogen and oxygen atoms in total. The number of hydrogen-bond acceptors (Lipinski definition) is 6. The van der Waals surface area contributed by atoms with Crippen molar-refractivity contribution in [1.82, 2.24) is 34.7 Å². The summed E-state index contributed by atoms with van der Waals surface area (Å²) in [7, 11) is 2.06. The van der Waals surface area contributed by atoms with Crippen molar-refractivity contribution < 1.29 is 5.11 Å². The Balaban J connectivity index is 1.47. The Kier molecular flexibility index (Phi) is 4.56. The Bertz CT molecular complexity index is 763. The maximum atomic E-state index is 11.2. The molecule has 2 aromatic heterocycles. The van der Waals surface area contributed by atoms with Gasteiger partial charge in [0, 0.05) is 25.6 Å². The van der Waals surface area contributed by atoms with E-state index in [1.54, 1.807) is 4.68 Å². The molecule has 26 heavy (non-hydrogen) atoms. The van der Waals surface area contributed by atoms with Crippen LogP contribution in [-0.2, 0) is 19.2 Å². The van der Waals surface area contributed by atoms with Crippen LogP contribution in [0.4, 0.5) is 0 Å². The lowest BCUT2D eigenvalue weighted by Gasteiger charge is -2.37. The van der Waals surface area contributed by atoms with E-state index in [1.165, 1.54) is 19.3 Å². The first-order valence-corrected chi connectivity index (χ1v) is 9.71. The second-order valence-electron chi connectivity index (χ2n) is 8.18. The van der Waals surface area contributed by atoms with Crippen LogP contribution in [0.2, 0.25) is 0 Å². The van der Waals surface area contributed by atoms with E-state index in [-0.39, 0.29) is 6.04 Å². The molecule has 0 aromatic carbocycles. The summed E-state index contributed by atoms with van der Waals surface area (Å²) in [4.78, 5) is 2.26. The van der Waals surface area contributed by atoms with Crippen molar-refractivity contribution in [2.45, 2.75) is 70.1 Å². The number of likely N-dealkylation sites (tertiary alicyclic amines) is 1. The van der Waals surface area contributed by atoms with Crippen molar-refractivity contribution >= 4 is 0 Å². The molecule has 142 valence electrons. The molecule has 1 unspecified atom stereocenters. The molecule has 0 spiro atoms. The van der Waals surface area contributed by atoms with Gasteiger partial charge in [0.15, 0.2) is 0 Å². The van der Waals surface area contributed by atoms with Crippen molar-refractivity contribution in [2.75, 3.05) is 13.1 Å². The van der Waals surface area contributed by atoms with Gasteiger partial charge < -0.3 is 9.67 Å². The summed E-state index contributed by atoms with van der Waals surface area (Å²) in [6.07, 6.45) is 7.26. The molecule has 2 aliphatic rings. The minimum Gasteiger partial charge on any atom is -0.382 e. The molecule has 0 radical (unpaired) electrons. The smallest absolute Gasteiger partial charge is 0.146 e. The normalized spacial score (nSPS) is 25.0. The highest BCUT2D eigenvalue weighted by atomic mass is 16.3. The van der Waals surface area contributed by atoms with Gasteiger partial charge in [-0.15, -0.1) is 15.3 Å². The van der Waals surface area contributed by atoms with Gasteiger partial charge in [-0.1, -0.05) is 11.6 Å². The van der Waals surface area contributed by atoms with Gasteiger partial charge in [0.2, 0.25) is 0 Å². The van der Waals surface area contributed by atoms with E-state index in [0.29, 0.717) is 31.1 Å². The summed E-state index contributed by atoms with van der Waals surface area (Å²) in [5, 5.41) is 28.4. The number of aliphatic hydroxyl groups is 1. The molecule has 3 heterocycles. The molecular weight excluding hydrogens is 330 g/mol. The summed E-state index contributed by atoms with van der Waals surface area (Å²) < 4.78 is 3.95. The topological polar surface area (TPSA) is 84.9 Å². The Morgan fingerprint density at radius 2 is 2.04 bits per heavy atom. The Morgan fingerprint density at radius 3 is 2.69 bits per heavy atom. The van der Waals surface area contributed by atoms with Gasteiger partial charge >= 0.3 is 0 Å². The average Bonchev–Trinajstić information content (AvgIpc) is 3.17. The summed E-state index contributed by atoms with van der Waals surface area (Å²) in [5.74, 6) is 2.66. The molecule has 0 amide bonds. The maximum absolute atomic E-state index is 11.2. The summed E-state index contributed by atoms with van der Waals surface area (Å²) >= 11 is 0. The minimum absolute atomic E-state index is 0.239. The zero-order valence-corrected chi connectivity index (χ0v) is 16.0. The highest BCUT2D eigenvalue weighted by Gasteiger charge is 2.38. The fourth-order valence-corrected chi connectivity index (χ4v) is 3.94. The van der Waals surface area contributed by atoms with Crippen LogP contribution < -0.4 is 0 Å². The van der Waals surface area contributed by atoms with Crippen LogP contribution in [0.15, 0.2) is 6.20 Å². The van der Waals surface area contributed by atoms with Crippen LogP contribution in [0.5, 0.6) is 0 Å². The first-order chi connectivity index (χ1) is 12.5. The number of piperidine rings is 1. The van der Waals surface area contributed by atoms with Gasteiger partial charge in [0.05, 0.1) is 12.7 Å². The molecule has 1 atom stereocenters. The second kappa shape index (κ2) is 6.74. The standard InChI is InChI=1S/C18H29N7O/c1-13(2)25-10-15(19-22-25)18(26)8-5-9-24(12-18)11-16-20-21-17(23(16)3)14-6-4-7-14/h10,13-14,26H,4-9,11-12H2,1-3H3. The molecule has 1 aliphatic carbocycles. The zero-order valence-electron chi connectivity index (χ0n) is 16.0. The predicted octanol–water partition coefficient (Wildman–Crippen LogP) is 1.74. The van der Waals surface area contributed by atoms with Gasteiger partial charge in [-0.25, -0.2) is 4.68 Å². The van der Waals surface area contributed by atoms with E-state index >= 15 is 0 Å². The minimum atomic E-state index is -0.944. The third-order valence-corrected chi connectivity index (χ3v) is 5.90. The van der Waals surface area contributed by atoms with Crippen LogP contribution in [0.3, 0.4) is 0 Å². The van der Waals surface area contributed by atoms with E-state index in [2.05, 4.69) is 50.9 Å². The van der Waals surface area contributed by atoms with Crippen LogP contribution in [0.25, 0.3) is 0 Å². The number of rotatable bonds is 5. The van der Waals surface area contributed by atoms with Crippen LogP contribution >= 0.6 is 0 Å². The van der Waals surface area contributed by atoms with E-state index in [0.717, 1.165) is 24.6 Å². The average molecular weight is 359 g/mol. The lowest BCUT2D eigenvalue weighted by atomic mass is 9.85. The SMILES string of the molecule is CC(C)n1cc(C2(O)CCCN(Cc3nnc(C4CCC4)n3C)C2)nn1. The Morgan fingerprint density at radius 1 is 1.23 bits per heavy atom. The highest BCUT2D eigenvalue weighted by molar-refractivity contribution is 5.11. The molecule has 1 saturated carbocycles. The monoisotopic (exact) mass is 359 g/mol. The van der Waals surface area contributed by atoms with Crippen molar-refractivity contribution in [3.05, 3.63) is 23.5 Å². The summed E-state index contributed by atoms with van der Waals surface area (Å²) in [5.41, 5.74) is -0.273. The Hall–Kier alpha value is -1.80. The quantitative estimate of drug-likeness (QED) is 0.875. The fraction of sp³-hybridized carbons (Fsp3) is 0.778. The molecule has 8 heteroatoms. The van der Waals surface area contributed by atoms with Crippen molar-refractivity contribution in [3.63, 3.8) is 0 Å². The van der Waals surface area contributed by atoms with Gasteiger partial charge in [-0.05, 0) is 46.1 Å². The fourth-order valence-electron chi connectivity index (χ4n) is 3.94. The molecule has 1 saturated heterocycles. The van der Waals surface area contributed by atoms with E-state index in [1.807, 2.05) is 6.20 Å². The lowest BCUT2D eigenvalue weighted by molar-refractivity contribution is -0.0423. The Labute approximate surface area is 154 Å². The van der Waals surface area contributed by atoms with E-state index < -0.39 is 5.60 Å². The van der Waals surface area contributed by atoms with Crippen molar-refractivity contribution in [3.8, 4) is 0 Å². The number of β-amino-alcohol motifs (C(OH)–C–C–N with tert-alkyl or cyclic N) is 1. The molecule has 4 rings (SSSR count). The summed E-state index contributed by atoms with van der Waals surface area (Å²) in [6, 6.07) is 0.239. The highest BCUT2D eigenvalue weighted by Crippen LogP contribution is 2.35. The van der Waals surface area contributed by atoms with E-state index in [9.17, 15) is 5.11 Å². The molecule has 2 fully saturated rings. The van der Waals surface area contributed by atoms with Crippen molar-refractivity contribution in [2.24, 2.45) is 7.05 Å². The maximum Gasteiger partial charge on any atom is 0.146 e. The predicted molar refractivity (Wildman–Crippen MR) is 96.4 cm³/mol. The zero-order chi connectivity index (χ0) is 18.3. The third-order valence-electron chi connectivity index (χ3n) is 5.90. The lowest BCUT2D eigenvalue weighted by Crippen LogP contribution is -2.46. The molecule has 2 aromatic rings.